The minimum Gasteiger partial charge on any atom is -0.490 e. The number of hydrogen-bond donors (Lipinski definition) is 1. The van der Waals surface area contributed by atoms with E-state index in [9.17, 15) is 10.1 Å². The van der Waals surface area contributed by atoms with Crippen LogP contribution in [0.2, 0.25) is 5.02 Å². The summed E-state index contributed by atoms with van der Waals surface area (Å²) in [5, 5.41) is 12.9. The molecule has 162 valence electrons. The Morgan fingerprint density at radius 2 is 1.88 bits per heavy atom. The van der Waals surface area contributed by atoms with E-state index in [0.29, 0.717) is 41.0 Å². The number of nitrogens with zero attached hydrogens (tertiary/aromatic N) is 1. The van der Waals surface area contributed by atoms with Crippen molar-refractivity contribution in [3.05, 3.63) is 94.0 Å². The van der Waals surface area contributed by atoms with Gasteiger partial charge in [-0.25, -0.2) is 0 Å². The Kier molecular flexibility index (Phi) is 7.91. The zero-order valence-corrected chi connectivity index (χ0v) is 18.6. The van der Waals surface area contributed by atoms with Gasteiger partial charge in [-0.2, -0.15) is 5.26 Å². The predicted octanol–water partition coefficient (Wildman–Crippen LogP) is 6.17. The van der Waals surface area contributed by atoms with E-state index in [0.717, 1.165) is 11.1 Å². The van der Waals surface area contributed by atoms with Crippen LogP contribution in [0.25, 0.3) is 6.08 Å². The van der Waals surface area contributed by atoms with Gasteiger partial charge in [0.2, 0.25) is 0 Å². The van der Waals surface area contributed by atoms with E-state index in [1.165, 1.54) is 6.08 Å². The number of rotatable bonds is 8. The molecule has 0 radical (unpaired) electrons. The van der Waals surface area contributed by atoms with Gasteiger partial charge in [0.15, 0.2) is 11.5 Å². The first kappa shape index (κ1) is 22.9. The zero-order chi connectivity index (χ0) is 22.9. The molecule has 0 aliphatic heterocycles. The number of hydrogen-bond acceptors (Lipinski definition) is 4. The van der Waals surface area contributed by atoms with Crippen LogP contribution in [0.3, 0.4) is 0 Å². The van der Waals surface area contributed by atoms with Gasteiger partial charge in [-0.05, 0) is 73.0 Å². The van der Waals surface area contributed by atoms with Crippen LogP contribution in [0, 0.1) is 18.3 Å². The minimum atomic E-state index is -0.475. The van der Waals surface area contributed by atoms with E-state index < -0.39 is 5.91 Å². The topological polar surface area (TPSA) is 71.3 Å². The average Bonchev–Trinajstić information content (AvgIpc) is 2.77. The number of nitriles is 1. The van der Waals surface area contributed by atoms with Crippen molar-refractivity contribution in [3.8, 4) is 17.6 Å². The van der Waals surface area contributed by atoms with Gasteiger partial charge in [0.05, 0.1) is 6.61 Å². The van der Waals surface area contributed by atoms with E-state index in [1.54, 1.807) is 30.3 Å². The second-order valence-electron chi connectivity index (χ2n) is 7.05. The van der Waals surface area contributed by atoms with Gasteiger partial charge in [0, 0.05) is 10.7 Å². The third kappa shape index (κ3) is 6.37. The summed E-state index contributed by atoms with van der Waals surface area (Å²) in [6, 6.07) is 22.1. The third-order valence-corrected chi connectivity index (χ3v) is 4.74. The van der Waals surface area contributed by atoms with E-state index in [1.807, 2.05) is 56.3 Å². The molecule has 0 aromatic heterocycles. The van der Waals surface area contributed by atoms with Crippen molar-refractivity contribution in [2.24, 2.45) is 0 Å². The van der Waals surface area contributed by atoms with Crippen LogP contribution < -0.4 is 14.8 Å². The predicted molar refractivity (Wildman–Crippen MR) is 127 cm³/mol. The van der Waals surface area contributed by atoms with Crippen molar-refractivity contribution < 1.29 is 14.3 Å². The van der Waals surface area contributed by atoms with Gasteiger partial charge in [0.25, 0.3) is 5.91 Å². The number of anilines is 1. The van der Waals surface area contributed by atoms with Crippen molar-refractivity contribution in [2.75, 3.05) is 11.9 Å². The summed E-state index contributed by atoms with van der Waals surface area (Å²) in [6.07, 6.45) is 1.52. The molecular formula is C26H23ClN2O3. The van der Waals surface area contributed by atoms with E-state index in [4.69, 9.17) is 21.1 Å². The van der Waals surface area contributed by atoms with E-state index >= 15 is 0 Å². The molecular weight excluding hydrogens is 424 g/mol. The molecule has 0 saturated carbocycles. The van der Waals surface area contributed by atoms with Crippen molar-refractivity contribution in [1.82, 2.24) is 0 Å². The first-order chi connectivity index (χ1) is 15.5. The van der Waals surface area contributed by atoms with Gasteiger partial charge in [0.1, 0.15) is 18.2 Å². The number of ether oxygens (including phenoxy) is 2. The molecule has 0 fully saturated rings. The lowest BCUT2D eigenvalue weighted by Gasteiger charge is -2.13. The smallest absolute Gasteiger partial charge is 0.266 e. The van der Waals surface area contributed by atoms with Crippen LogP contribution in [0.15, 0.2) is 72.3 Å². The average molecular weight is 447 g/mol. The molecule has 0 saturated heterocycles. The maximum atomic E-state index is 12.6. The summed E-state index contributed by atoms with van der Waals surface area (Å²) >= 11 is 6.03. The summed E-state index contributed by atoms with van der Waals surface area (Å²) in [4.78, 5) is 12.6. The Bertz CT molecular complexity index is 1180. The molecule has 0 unspecified atom stereocenters. The number of aryl methyl sites for hydroxylation is 1. The molecule has 0 spiro atoms. The molecule has 5 nitrogen and oxygen atoms in total. The van der Waals surface area contributed by atoms with Gasteiger partial charge < -0.3 is 14.8 Å². The SMILES string of the molecule is CCOc1cc(/C=C(\C#N)C(=O)Nc2cccc(C)c2)ccc1OCc1cccc(Cl)c1. The van der Waals surface area contributed by atoms with E-state index in [2.05, 4.69) is 5.32 Å². The highest BCUT2D eigenvalue weighted by Crippen LogP contribution is 2.30. The zero-order valence-electron chi connectivity index (χ0n) is 17.9. The summed E-state index contributed by atoms with van der Waals surface area (Å²) in [5.41, 5.74) is 3.22. The number of benzene rings is 3. The molecule has 1 amide bonds. The molecule has 0 heterocycles. The quantitative estimate of drug-likeness (QED) is 0.331. The first-order valence-corrected chi connectivity index (χ1v) is 10.5. The molecule has 32 heavy (non-hydrogen) atoms. The molecule has 3 rings (SSSR count). The molecule has 6 heteroatoms. The van der Waals surface area contributed by atoms with E-state index in [-0.39, 0.29) is 5.57 Å². The van der Waals surface area contributed by atoms with Crippen molar-refractivity contribution >= 4 is 29.3 Å². The van der Waals surface area contributed by atoms with Crippen LogP contribution in [0.1, 0.15) is 23.6 Å². The largest absolute Gasteiger partial charge is 0.490 e. The molecule has 0 bridgehead atoms. The van der Waals surface area contributed by atoms with Crippen LogP contribution in [0.5, 0.6) is 11.5 Å². The highest BCUT2D eigenvalue weighted by atomic mass is 35.5. The first-order valence-electron chi connectivity index (χ1n) is 10.1. The molecule has 1 N–H and O–H groups in total. The second-order valence-corrected chi connectivity index (χ2v) is 7.49. The van der Waals surface area contributed by atoms with Crippen molar-refractivity contribution in [2.45, 2.75) is 20.5 Å². The summed E-state index contributed by atoms with van der Waals surface area (Å²) in [7, 11) is 0. The number of amides is 1. The van der Waals surface area contributed by atoms with Gasteiger partial charge in [-0.15, -0.1) is 0 Å². The second kappa shape index (κ2) is 11.0. The Morgan fingerprint density at radius 3 is 2.59 bits per heavy atom. The highest BCUT2D eigenvalue weighted by molar-refractivity contribution is 6.30. The molecule has 3 aromatic carbocycles. The summed E-state index contributed by atoms with van der Waals surface area (Å²) in [6.45, 7) is 4.58. The Labute approximate surface area is 192 Å². The fourth-order valence-corrected chi connectivity index (χ4v) is 3.24. The Hall–Kier alpha value is -3.75. The monoisotopic (exact) mass is 446 g/mol. The molecule has 3 aromatic rings. The molecule has 0 atom stereocenters. The fourth-order valence-electron chi connectivity index (χ4n) is 3.03. The van der Waals surface area contributed by atoms with Crippen LogP contribution >= 0.6 is 11.6 Å². The van der Waals surface area contributed by atoms with Crippen molar-refractivity contribution in [1.29, 1.82) is 5.26 Å². The number of carbonyl (C=O) groups is 1. The molecule has 0 aliphatic rings. The minimum absolute atomic E-state index is 0.0125. The number of carbonyl (C=O) groups excluding carboxylic acids is 1. The van der Waals surface area contributed by atoms with Crippen LogP contribution in [-0.4, -0.2) is 12.5 Å². The maximum Gasteiger partial charge on any atom is 0.266 e. The normalized spacial score (nSPS) is 10.9. The third-order valence-electron chi connectivity index (χ3n) is 4.50. The van der Waals surface area contributed by atoms with Crippen LogP contribution in [-0.2, 0) is 11.4 Å². The van der Waals surface area contributed by atoms with Crippen molar-refractivity contribution in [3.63, 3.8) is 0 Å². The Balaban J connectivity index is 1.78. The summed E-state index contributed by atoms with van der Waals surface area (Å²) in [5.74, 6) is 0.615. The number of halogens is 1. The highest BCUT2D eigenvalue weighted by Gasteiger charge is 2.12. The van der Waals surface area contributed by atoms with Gasteiger partial charge >= 0.3 is 0 Å². The number of nitrogens with one attached hydrogen (secondary N) is 1. The van der Waals surface area contributed by atoms with Crippen LogP contribution in [0.4, 0.5) is 5.69 Å². The Morgan fingerprint density at radius 1 is 1.06 bits per heavy atom. The maximum absolute atomic E-state index is 12.6. The fraction of sp³-hybridized carbons (Fsp3) is 0.154. The standard InChI is InChI=1S/C26H23ClN2O3/c1-3-31-25-15-19(10-11-24(25)32-17-20-7-5-8-22(27)14-20)13-21(16-28)26(30)29-23-9-4-6-18(2)12-23/h4-15H,3,17H2,1-2H3,(H,29,30)/b21-13+. The van der Waals surface area contributed by atoms with Gasteiger partial charge in [-0.1, -0.05) is 41.9 Å². The lowest BCUT2D eigenvalue weighted by atomic mass is 10.1. The lowest BCUT2D eigenvalue weighted by molar-refractivity contribution is -0.112. The summed E-state index contributed by atoms with van der Waals surface area (Å²) < 4.78 is 11.6. The van der Waals surface area contributed by atoms with Gasteiger partial charge in [-0.3, -0.25) is 4.79 Å². The molecule has 0 aliphatic carbocycles. The lowest BCUT2D eigenvalue weighted by Crippen LogP contribution is -2.13.